The number of rotatable bonds is 2. The number of amides is 1. The zero-order valence-electron chi connectivity index (χ0n) is 9.87. The first-order valence-corrected chi connectivity index (χ1v) is 6.70. The van der Waals surface area contributed by atoms with Crippen LogP contribution >= 0.6 is 34.2 Å². The predicted octanol–water partition coefficient (Wildman–Crippen LogP) is 3.24. The molecule has 0 fully saturated rings. The fourth-order valence-electron chi connectivity index (χ4n) is 1.48. The van der Waals surface area contributed by atoms with Crippen molar-refractivity contribution in [3.8, 4) is 0 Å². The van der Waals surface area contributed by atoms with Gasteiger partial charge < -0.3 is 5.32 Å². The normalized spacial score (nSPS) is 10.4. The average Bonchev–Trinajstić information content (AvgIpc) is 2.61. The number of aryl methyl sites for hydroxylation is 2. The molecule has 2 rings (SSSR count). The van der Waals surface area contributed by atoms with Gasteiger partial charge in [0.2, 0.25) is 0 Å². The monoisotopic (exact) mass is 375 g/mol. The van der Waals surface area contributed by atoms with Gasteiger partial charge in [0, 0.05) is 27.4 Å². The summed E-state index contributed by atoms with van der Waals surface area (Å²) in [4.78, 5) is 12.1. The van der Waals surface area contributed by atoms with Crippen LogP contribution in [-0.2, 0) is 7.05 Å². The summed E-state index contributed by atoms with van der Waals surface area (Å²) < 4.78 is 2.56. The molecule has 6 heteroatoms. The van der Waals surface area contributed by atoms with Crippen LogP contribution in [0, 0.1) is 10.5 Å². The van der Waals surface area contributed by atoms with Crippen molar-refractivity contribution in [2.24, 2.45) is 7.05 Å². The Morgan fingerprint density at radius 2 is 2.17 bits per heavy atom. The van der Waals surface area contributed by atoms with Gasteiger partial charge in [0.25, 0.3) is 5.91 Å². The minimum absolute atomic E-state index is 0.208. The summed E-state index contributed by atoms with van der Waals surface area (Å²) in [5, 5.41) is 7.47. The lowest BCUT2D eigenvalue weighted by atomic mass is 10.2. The Hall–Kier alpha value is -1.08. The summed E-state index contributed by atoms with van der Waals surface area (Å²) in [6, 6.07) is 7.02. The Labute approximate surface area is 123 Å². The van der Waals surface area contributed by atoms with Crippen LogP contribution < -0.4 is 5.32 Å². The van der Waals surface area contributed by atoms with Crippen molar-refractivity contribution in [3.63, 3.8) is 0 Å². The van der Waals surface area contributed by atoms with Crippen molar-refractivity contribution in [3.05, 3.63) is 44.1 Å². The first kappa shape index (κ1) is 13.4. The lowest BCUT2D eigenvalue weighted by Crippen LogP contribution is -2.14. The molecule has 18 heavy (non-hydrogen) atoms. The SMILES string of the molecule is Cc1cc(NC(=O)c2cc(Cl)ccc2I)nn1C. The number of nitrogens with zero attached hydrogens (tertiary/aromatic N) is 2. The van der Waals surface area contributed by atoms with E-state index in [0.717, 1.165) is 9.26 Å². The van der Waals surface area contributed by atoms with Gasteiger partial charge in [-0.25, -0.2) is 0 Å². The molecule has 0 spiro atoms. The van der Waals surface area contributed by atoms with E-state index < -0.39 is 0 Å². The highest BCUT2D eigenvalue weighted by Crippen LogP contribution is 2.19. The molecule has 0 atom stereocenters. The van der Waals surface area contributed by atoms with E-state index in [9.17, 15) is 4.79 Å². The number of carbonyl (C=O) groups excluding carboxylic acids is 1. The van der Waals surface area contributed by atoms with Crippen LogP contribution in [0.25, 0.3) is 0 Å². The first-order chi connectivity index (χ1) is 8.47. The molecule has 0 aliphatic heterocycles. The fraction of sp³-hybridized carbons (Fsp3) is 0.167. The van der Waals surface area contributed by atoms with Gasteiger partial charge in [-0.15, -0.1) is 0 Å². The molecule has 2 aromatic rings. The van der Waals surface area contributed by atoms with Gasteiger partial charge in [0.05, 0.1) is 5.56 Å². The van der Waals surface area contributed by atoms with E-state index in [1.165, 1.54) is 0 Å². The van der Waals surface area contributed by atoms with Crippen LogP contribution in [0.15, 0.2) is 24.3 Å². The highest BCUT2D eigenvalue weighted by molar-refractivity contribution is 14.1. The van der Waals surface area contributed by atoms with Gasteiger partial charge in [0.1, 0.15) is 0 Å². The Morgan fingerprint density at radius 1 is 1.44 bits per heavy atom. The summed E-state index contributed by atoms with van der Waals surface area (Å²) in [6.45, 7) is 1.92. The molecule has 1 amide bonds. The smallest absolute Gasteiger partial charge is 0.257 e. The van der Waals surface area contributed by atoms with E-state index in [2.05, 4.69) is 33.0 Å². The van der Waals surface area contributed by atoms with Gasteiger partial charge in [-0.2, -0.15) is 5.10 Å². The van der Waals surface area contributed by atoms with Crippen molar-refractivity contribution < 1.29 is 4.79 Å². The van der Waals surface area contributed by atoms with E-state index in [0.29, 0.717) is 16.4 Å². The zero-order valence-corrected chi connectivity index (χ0v) is 12.8. The molecule has 0 saturated carbocycles. The molecule has 1 aromatic carbocycles. The maximum atomic E-state index is 12.1. The van der Waals surface area contributed by atoms with Crippen LogP contribution in [0.2, 0.25) is 5.02 Å². The predicted molar refractivity (Wildman–Crippen MR) is 80.1 cm³/mol. The number of hydrogen-bond donors (Lipinski definition) is 1. The summed E-state index contributed by atoms with van der Waals surface area (Å²) >= 11 is 7.99. The second-order valence-corrected chi connectivity index (χ2v) is 5.47. The van der Waals surface area contributed by atoms with Crippen LogP contribution in [0.4, 0.5) is 5.82 Å². The molecule has 0 aliphatic rings. The van der Waals surface area contributed by atoms with Crippen molar-refractivity contribution >= 4 is 45.9 Å². The molecular formula is C12H11ClIN3O. The summed E-state index contributed by atoms with van der Waals surface area (Å²) in [6.07, 6.45) is 0. The largest absolute Gasteiger partial charge is 0.305 e. The number of nitrogens with one attached hydrogen (secondary N) is 1. The van der Waals surface area contributed by atoms with Crippen LogP contribution in [0.1, 0.15) is 16.1 Å². The van der Waals surface area contributed by atoms with Crippen molar-refractivity contribution in [1.82, 2.24) is 9.78 Å². The molecule has 0 unspecified atom stereocenters. The lowest BCUT2D eigenvalue weighted by molar-refractivity contribution is 0.102. The third kappa shape index (κ3) is 2.84. The van der Waals surface area contributed by atoms with E-state index in [4.69, 9.17) is 11.6 Å². The van der Waals surface area contributed by atoms with E-state index >= 15 is 0 Å². The quantitative estimate of drug-likeness (QED) is 0.819. The van der Waals surface area contributed by atoms with Crippen molar-refractivity contribution in [1.29, 1.82) is 0 Å². The Bertz CT molecular complexity index is 590. The molecule has 0 radical (unpaired) electrons. The maximum absolute atomic E-state index is 12.1. The van der Waals surface area contributed by atoms with Gasteiger partial charge in [-0.05, 0) is 47.7 Å². The van der Waals surface area contributed by atoms with Gasteiger partial charge in [-0.1, -0.05) is 11.6 Å². The third-order valence-corrected chi connectivity index (χ3v) is 3.70. The maximum Gasteiger partial charge on any atom is 0.257 e. The summed E-state index contributed by atoms with van der Waals surface area (Å²) in [5.74, 6) is 0.329. The fourth-order valence-corrected chi connectivity index (χ4v) is 2.23. The molecule has 1 aromatic heterocycles. The zero-order chi connectivity index (χ0) is 13.3. The molecule has 1 heterocycles. The minimum atomic E-state index is -0.208. The van der Waals surface area contributed by atoms with Gasteiger partial charge in [-0.3, -0.25) is 9.48 Å². The van der Waals surface area contributed by atoms with Crippen LogP contribution in [0.3, 0.4) is 0 Å². The number of aromatic nitrogens is 2. The van der Waals surface area contributed by atoms with Gasteiger partial charge in [0.15, 0.2) is 5.82 Å². The van der Waals surface area contributed by atoms with E-state index in [1.54, 1.807) is 16.8 Å². The molecular weight excluding hydrogens is 365 g/mol. The first-order valence-electron chi connectivity index (χ1n) is 5.24. The molecule has 4 nitrogen and oxygen atoms in total. The average molecular weight is 376 g/mol. The van der Waals surface area contributed by atoms with Crippen molar-refractivity contribution in [2.75, 3.05) is 5.32 Å². The molecule has 0 saturated heterocycles. The highest BCUT2D eigenvalue weighted by Gasteiger charge is 2.12. The minimum Gasteiger partial charge on any atom is -0.305 e. The Balaban J connectivity index is 2.24. The molecule has 0 bridgehead atoms. The van der Waals surface area contributed by atoms with E-state index in [1.807, 2.05) is 26.1 Å². The van der Waals surface area contributed by atoms with Gasteiger partial charge >= 0.3 is 0 Å². The Morgan fingerprint density at radius 3 is 2.78 bits per heavy atom. The number of benzene rings is 1. The lowest BCUT2D eigenvalue weighted by Gasteiger charge is -2.04. The Kier molecular flexibility index (Phi) is 3.91. The number of anilines is 1. The van der Waals surface area contributed by atoms with Crippen LogP contribution in [0.5, 0.6) is 0 Å². The highest BCUT2D eigenvalue weighted by atomic mass is 127. The molecule has 0 aliphatic carbocycles. The second-order valence-electron chi connectivity index (χ2n) is 3.87. The second kappa shape index (κ2) is 5.27. The third-order valence-electron chi connectivity index (χ3n) is 2.53. The molecule has 94 valence electrons. The topological polar surface area (TPSA) is 46.9 Å². The van der Waals surface area contributed by atoms with E-state index in [-0.39, 0.29) is 5.91 Å². The molecule has 1 N–H and O–H groups in total. The number of halogens is 2. The summed E-state index contributed by atoms with van der Waals surface area (Å²) in [7, 11) is 1.83. The number of hydrogen-bond acceptors (Lipinski definition) is 2. The van der Waals surface area contributed by atoms with Crippen LogP contribution in [-0.4, -0.2) is 15.7 Å². The standard InChI is InChI=1S/C12H11ClIN3O/c1-7-5-11(16-17(7)2)15-12(18)9-6-8(13)3-4-10(9)14/h3-6H,1-2H3,(H,15,16,18). The summed E-state index contributed by atoms with van der Waals surface area (Å²) in [5.41, 5.74) is 1.53. The number of carbonyl (C=O) groups is 1. The van der Waals surface area contributed by atoms with Crippen molar-refractivity contribution in [2.45, 2.75) is 6.92 Å².